The van der Waals surface area contributed by atoms with E-state index in [9.17, 15) is 14.3 Å². The number of rotatable bonds is 3. The molecule has 28 heavy (non-hydrogen) atoms. The minimum absolute atomic E-state index is 0.0504. The number of hydrogen-bond donors (Lipinski definition) is 1. The Morgan fingerprint density at radius 1 is 1.25 bits per heavy atom. The van der Waals surface area contributed by atoms with Crippen LogP contribution in [0.15, 0.2) is 47.5 Å². The van der Waals surface area contributed by atoms with Gasteiger partial charge in [0.2, 0.25) is 0 Å². The molecule has 0 aliphatic heterocycles. The molecule has 0 spiro atoms. The molecular weight excluding hydrogens is 377 g/mol. The Kier molecular flexibility index (Phi) is 4.47. The molecule has 5 nitrogen and oxygen atoms in total. The van der Waals surface area contributed by atoms with Crippen molar-refractivity contribution in [3.8, 4) is 17.0 Å². The van der Waals surface area contributed by atoms with Crippen molar-refractivity contribution in [2.24, 2.45) is 0 Å². The van der Waals surface area contributed by atoms with Gasteiger partial charge in [0.25, 0.3) is 11.5 Å². The molecule has 0 radical (unpaired) electrons. The van der Waals surface area contributed by atoms with Gasteiger partial charge in [-0.2, -0.15) is 8.97 Å². The van der Waals surface area contributed by atoms with Crippen LogP contribution in [-0.4, -0.2) is 14.5 Å². The maximum Gasteiger partial charge on any atom is 0.354 e. The zero-order valence-corrected chi connectivity index (χ0v) is 16.5. The third-order valence-electron chi connectivity index (χ3n) is 4.70. The number of hydrogen-bond acceptors (Lipinski definition) is 4. The molecule has 3 aromatic heterocycles. The summed E-state index contributed by atoms with van der Waals surface area (Å²) in [5.74, 6) is -0.805. The highest BCUT2D eigenvalue weighted by Gasteiger charge is 2.28. The maximum atomic E-state index is 14.6. The average Bonchev–Trinajstić information content (AvgIpc) is 3.06. The Morgan fingerprint density at radius 3 is 2.75 bits per heavy atom. The van der Waals surface area contributed by atoms with Crippen molar-refractivity contribution in [2.75, 3.05) is 0 Å². The van der Waals surface area contributed by atoms with Crippen molar-refractivity contribution >= 4 is 17.0 Å². The van der Waals surface area contributed by atoms with Gasteiger partial charge in [0.05, 0.1) is 16.1 Å². The summed E-state index contributed by atoms with van der Waals surface area (Å²) in [6, 6.07) is 8.15. The first-order valence-corrected chi connectivity index (χ1v) is 9.63. The minimum Gasteiger partial charge on any atom is -0.477 e. The minimum atomic E-state index is -0.550. The van der Waals surface area contributed by atoms with Crippen LogP contribution >= 0.6 is 11.3 Å². The van der Waals surface area contributed by atoms with Gasteiger partial charge in [-0.15, -0.1) is 11.3 Å². The van der Waals surface area contributed by atoms with Crippen LogP contribution in [0.25, 0.3) is 16.8 Å². The smallest absolute Gasteiger partial charge is 0.354 e. The third-order valence-corrected chi connectivity index (χ3v) is 5.60. The van der Waals surface area contributed by atoms with E-state index in [-0.39, 0.29) is 17.0 Å². The van der Waals surface area contributed by atoms with E-state index < -0.39 is 11.4 Å². The summed E-state index contributed by atoms with van der Waals surface area (Å²) in [7, 11) is 0. The number of aryl methyl sites for hydroxylation is 3. The number of nitrogens with zero attached hydrogens (tertiary/aromatic N) is 3. The fourth-order valence-corrected chi connectivity index (χ4v) is 4.20. The van der Waals surface area contributed by atoms with Crippen molar-refractivity contribution in [1.29, 1.82) is 0 Å². The van der Waals surface area contributed by atoms with E-state index in [0.717, 1.165) is 21.0 Å². The van der Waals surface area contributed by atoms with Crippen molar-refractivity contribution < 1.29 is 14.1 Å². The molecule has 142 valence electrons. The van der Waals surface area contributed by atoms with Crippen LogP contribution in [0.5, 0.6) is 5.88 Å². The zero-order valence-electron chi connectivity index (χ0n) is 15.7. The highest BCUT2D eigenvalue weighted by atomic mass is 32.1. The topological polar surface area (TPSA) is 58.5 Å². The van der Waals surface area contributed by atoms with Crippen LogP contribution < -0.4 is 10.1 Å². The molecule has 0 saturated carbocycles. The molecule has 1 N–H and O–H groups in total. The SMILES string of the molecule is Cc1ccc(F)c(-c2c(O)[n+](Cc3cnc(C)s3)c3c(C)cccn3c2=O)c1. The van der Waals surface area contributed by atoms with E-state index >= 15 is 0 Å². The number of halogens is 1. The largest absolute Gasteiger partial charge is 0.477 e. The van der Waals surface area contributed by atoms with Gasteiger partial charge in [-0.25, -0.2) is 14.2 Å². The molecular formula is C21H19FN3O2S+. The number of aromatic hydroxyl groups is 1. The molecule has 0 aliphatic carbocycles. The molecule has 0 bridgehead atoms. The highest BCUT2D eigenvalue weighted by molar-refractivity contribution is 7.11. The van der Waals surface area contributed by atoms with E-state index in [1.165, 1.54) is 21.8 Å². The Balaban J connectivity index is 2.09. The molecule has 3 heterocycles. The Bertz CT molecular complexity index is 1280. The van der Waals surface area contributed by atoms with Gasteiger partial charge in [0.1, 0.15) is 12.4 Å². The lowest BCUT2D eigenvalue weighted by molar-refractivity contribution is -0.671. The first kappa shape index (κ1) is 18.3. The number of pyridine rings is 1. The highest BCUT2D eigenvalue weighted by Crippen LogP contribution is 2.28. The van der Waals surface area contributed by atoms with Crippen LogP contribution in [-0.2, 0) is 6.54 Å². The van der Waals surface area contributed by atoms with Gasteiger partial charge in [0.15, 0.2) is 5.56 Å². The second-order valence-electron chi connectivity index (χ2n) is 6.80. The molecule has 1 aromatic carbocycles. The molecule has 7 heteroatoms. The van der Waals surface area contributed by atoms with Gasteiger partial charge in [-0.3, -0.25) is 0 Å². The average molecular weight is 396 g/mol. The van der Waals surface area contributed by atoms with E-state index in [2.05, 4.69) is 4.98 Å². The van der Waals surface area contributed by atoms with Gasteiger partial charge in [-0.1, -0.05) is 11.6 Å². The first-order chi connectivity index (χ1) is 13.4. The van der Waals surface area contributed by atoms with Crippen molar-refractivity contribution in [3.63, 3.8) is 0 Å². The monoisotopic (exact) mass is 396 g/mol. The van der Waals surface area contributed by atoms with E-state index in [4.69, 9.17) is 0 Å². The summed E-state index contributed by atoms with van der Waals surface area (Å²) in [6.07, 6.45) is 3.38. The molecule has 4 rings (SSSR count). The summed E-state index contributed by atoms with van der Waals surface area (Å²) in [5, 5.41) is 12.0. The van der Waals surface area contributed by atoms with Crippen LogP contribution in [0, 0.1) is 26.6 Å². The van der Waals surface area contributed by atoms with Gasteiger partial charge in [0, 0.05) is 17.3 Å². The fraction of sp³-hybridized carbons (Fsp3) is 0.190. The number of thiazole rings is 1. The first-order valence-electron chi connectivity index (χ1n) is 8.81. The Morgan fingerprint density at radius 2 is 2.04 bits per heavy atom. The fourth-order valence-electron chi connectivity index (χ4n) is 3.42. The van der Waals surface area contributed by atoms with Crippen LogP contribution in [0.4, 0.5) is 4.39 Å². The number of benzene rings is 1. The normalized spacial score (nSPS) is 11.3. The van der Waals surface area contributed by atoms with Crippen LogP contribution in [0.2, 0.25) is 0 Å². The van der Waals surface area contributed by atoms with Crippen LogP contribution in [0.3, 0.4) is 0 Å². The van der Waals surface area contributed by atoms with Crippen LogP contribution in [0.1, 0.15) is 21.0 Å². The molecule has 0 saturated heterocycles. The number of aromatic nitrogens is 3. The Labute approximate surface area is 165 Å². The molecule has 0 amide bonds. The second kappa shape index (κ2) is 6.83. The quantitative estimate of drug-likeness (QED) is 0.539. The standard InChI is InChI=1S/C21H18FN3O2S/c1-12-6-7-17(22)16(9-12)18-20(26)24-8-4-5-13(2)19(24)25(21(18)27)11-15-10-23-14(3)28-15/h4-10H,11H2,1-3H3/p+1. The summed E-state index contributed by atoms with van der Waals surface area (Å²) in [5.41, 5.74) is 1.77. The van der Waals surface area contributed by atoms with E-state index in [0.29, 0.717) is 12.2 Å². The van der Waals surface area contributed by atoms with Crippen molar-refractivity contribution in [3.05, 3.63) is 79.9 Å². The van der Waals surface area contributed by atoms with Crippen molar-refractivity contribution in [1.82, 2.24) is 9.38 Å². The molecule has 0 aliphatic rings. The van der Waals surface area contributed by atoms with E-state index in [1.807, 2.05) is 26.8 Å². The zero-order chi connectivity index (χ0) is 20.0. The third kappa shape index (κ3) is 2.97. The van der Waals surface area contributed by atoms with Gasteiger partial charge >= 0.3 is 5.56 Å². The van der Waals surface area contributed by atoms with Crippen molar-refractivity contribution in [2.45, 2.75) is 27.3 Å². The predicted molar refractivity (Wildman–Crippen MR) is 106 cm³/mol. The van der Waals surface area contributed by atoms with Gasteiger partial charge < -0.3 is 5.11 Å². The number of fused-ring (bicyclic) bond motifs is 1. The lowest BCUT2D eigenvalue weighted by atomic mass is 10.0. The van der Waals surface area contributed by atoms with E-state index in [1.54, 1.807) is 35.2 Å². The van der Waals surface area contributed by atoms with Gasteiger partial charge in [-0.05, 0) is 45.0 Å². The lowest BCUT2D eigenvalue weighted by Crippen LogP contribution is -2.41. The predicted octanol–water partition coefficient (Wildman–Crippen LogP) is 3.53. The molecule has 4 aromatic rings. The molecule has 0 fully saturated rings. The summed E-state index contributed by atoms with van der Waals surface area (Å²) in [6.45, 7) is 5.92. The molecule has 0 unspecified atom stereocenters. The summed E-state index contributed by atoms with van der Waals surface area (Å²) >= 11 is 1.51. The summed E-state index contributed by atoms with van der Waals surface area (Å²) < 4.78 is 17.7. The Hall–Kier alpha value is -3.06. The molecule has 0 atom stereocenters. The maximum absolute atomic E-state index is 14.6. The lowest BCUT2D eigenvalue weighted by Gasteiger charge is -2.11. The second-order valence-corrected chi connectivity index (χ2v) is 8.12. The summed E-state index contributed by atoms with van der Waals surface area (Å²) in [4.78, 5) is 18.4.